The molecule has 3 nitrogen and oxygen atoms in total. The topological polar surface area (TPSA) is 21.7 Å². The number of hydrogen-bond acceptors (Lipinski definition) is 3. The van der Waals surface area contributed by atoms with Crippen LogP contribution in [0, 0.1) is 0 Å². The third kappa shape index (κ3) is 4.69. The van der Waals surface area contributed by atoms with Crippen LogP contribution in [-0.4, -0.2) is 43.3 Å². The first kappa shape index (κ1) is 16.3. The maximum atomic E-state index is 5.90. The molecular weight excluding hydrogens is 286 g/mol. The smallest absolute Gasteiger partial charge is 0.119 e. The van der Waals surface area contributed by atoms with Gasteiger partial charge in [0, 0.05) is 13.1 Å². The van der Waals surface area contributed by atoms with Crippen LogP contribution in [0.1, 0.15) is 26.7 Å². The molecule has 0 bridgehead atoms. The van der Waals surface area contributed by atoms with E-state index in [4.69, 9.17) is 9.47 Å². The third-order valence-electron chi connectivity index (χ3n) is 4.35. The number of rotatable bonds is 6. The van der Waals surface area contributed by atoms with E-state index in [-0.39, 0.29) is 0 Å². The molecule has 0 N–H and O–H groups in total. The lowest BCUT2D eigenvalue weighted by Gasteiger charge is -2.35. The van der Waals surface area contributed by atoms with Crippen molar-refractivity contribution in [3.63, 3.8) is 0 Å². The molecule has 0 spiro atoms. The number of nitrogens with zero attached hydrogens (tertiary/aromatic N) is 1. The highest BCUT2D eigenvalue weighted by Crippen LogP contribution is 2.20. The predicted octanol–water partition coefficient (Wildman–Crippen LogP) is 4.11. The molecule has 3 rings (SSSR count). The molecule has 1 aliphatic heterocycles. The van der Waals surface area contributed by atoms with Gasteiger partial charge in [0.05, 0.1) is 18.8 Å². The second-order valence-electron chi connectivity index (χ2n) is 6.58. The van der Waals surface area contributed by atoms with Crippen LogP contribution in [0.2, 0.25) is 0 Å². The number of fused-ring (bicyclic) bond motifs is 1. The molecule has 0 aromatic heterocycles. The van der Waals surface area contributed by atoms with E-state index in [1.165, 1.54) is 17.2 Å². The molecule has 3 heteroatoms. The van der Waals surface area contributed by atoms with Gasteiger partial charge in [-0.05, 0) is 56.1 Å². The van der Waals surface area contributed by atoms with E-state index < -0.39 is 0 Å². The monoisotopic (exact) mass is 313 g/mol. The first-order valence-electron chi connectivity index (χ1n) is 8.70. The highest BCUT2D eigenvalue weighted by atomic mass is 16.5. The molecule has 0 aliphatic carbocycles. The summed E-state index contributed by atoms with van der Waals surface area (Å²) in [5.41, 5.74) is 0. The molecule has 1 fully saturated rings. The van der Waals surface area contributed by atoms with Crippen molar-refractivity contribution in [2.24, 2.45) is 0 Å². The Morgan fingerprint density at radius 2 is 1.74 bits per heavy atom. The van der Waals surface area contributed by atoms with Gasteiger partial charge in [-0.1, -0.05) is 30.3 Å². The summed E-state index contributed by atoms with van der Waals surface area (Å²) in [5.74, 6) is 0.970. The van der Waals surface area contributed by atoms with Crippen LogP contribution in [0.15, 0.2) is 42.5 Å². The van der Waals surface area contributed by atoms with Gasteiger partial charge in [0.25, 0.3) is 0 Å². The average Bonchev–Trinajstić information content (AvgIpc) is 2.53. The van der Waals surface area contributed by atoms with Crippen LogP contribution in [0.5, 0.6) is 5.75 Å². The molecule has 0 unspecified atom stereocenters. The quantitative estimate of drug-likeness (QED) is 0.749. The second kappa shape index (κ2) is 7.80. The summed E-state index contributed by atoms with van der Waals surface area (Å²) in [7, 11) is 0. The first-order chi connectivity index (χ1) is 11.2. The number of unbranched alkanes of at least 4 members (excludes halogenated alkanes) is 1. The van der Waals surface area contributed by atoms with Crippen LogP contribution in [-0.2, 0) is 4.74 Å². The SMILES string of the molecule is C[C@H]1CN(CCCCOc2ccc3ccccc3c2)C[C@H](C)O1. The van der Waals surface area contributed by atoms with Gasteiger partial charge in [0.15, 0.2) is 0 Å². The molecule has 1 heterocycles. The van der Waals surface area contributed by atoms with Crippen molar-refractivity contribution < 1.29 is 9.47 Å². The molecule has 124 valence electrons. The van der Waals surface area contributed by atoms with Crippen molar-refractivity contribution in [2.45, 2.75) is 38.9 Å². The molecule has 23 heavy (non-hydrogen) atoms. The average molecular weight is 313 g/mol. The number of benzene rings is 2. The van der Waals surface area contributed by atoms with Crippen molar-refractivity contribution in [1.29, 1.82) is 0 Å². The van der Waals surface area contributed by atoms with Crippen molar-refractivity contribution in [3.8, 4) is 5.75 Å². The Kier molecular flexibility index (Phi) is 5.52. The van der Waals surface area contributed by atoms with Crippen LogP contribution < -0.4 is 4.74 Å². The van der Waals surface area contributed by atoms with Crippen molar-refractivity contribution in [3.05, 3.63) is 42.5 Å². The fourth-order valence-corrected chi connectivity index (χ4v) is 3.35. The number of ether oxygens (including phenoxy) is 2. The fraction of sp³-hybridized carbons (Fsp3) is 0.500. The van der Waals surface area contributed by atoms with Gasteiger partial charge < -0.3 is 9.47 Å². The van der Waals surface area contributed by atoms with E-state index >= 15 is 0 Å². The first-order valence-corrected chi connectivity index (χ1v) is 8.70. The Hall–Kier alpha value is -1.58. The summed E-state index contributed by atoms with van der Waals surface area (Å²) in [6, 6.07) is 14.7. The number of morpholine rings is 1. The summed E-state index contributed by atoms with van der Waals surface area (Å²) < 4.78 is 11.7. The largest absolute Gasteiger partial charge is 0.494 e. The van der Waals surface area contributed by atoms with E-state index in [1.54, 1.807) is 0 Å². The van der Waals surface area contributed by atoms with Crippen LogP contribution in [0.25, 0.3) is 10.8 Å². The van der Waals surface area contributed by atoms with Crippen molar-refractivity contribution in [1.82, 2.24) is 4.90 Å². The van der Waals surface area contributed by atoms with E-state index in [0.29, 0.717) is 12.2 Å². The normalized spacial score (nSPS) is 22.3. The summed E-state index contributed by atoms with van der Waals surface area (Å²) in [6.07, 6.45) is 2.97. The zero-order chi connectivity index (χ0) is 16.1. The molecule has 2 aromatic carbocycles. The summed E-state index contributed by atoms with van der Waals surface area (Å²) >= 11 is 0. The van der Waals surface area contributed by atoms with E-state index in [0.717, 1.165) is 38.4 Å². The molecular formula is C20H27NO2. The Balaban J connectivity index is 1.39. The van der Waals surface area contributed by atoms with Gasteiger partial charge in [-0.15, -0.1) is 0 Å². The van der Waals surface area contributed by atoms with Gasteiger partial charge >= 0.3 is 0 Å². The van der Waals surface area contributed by atoms with Gasteiger partial charge in [-0.25, -0.2) is 0 Å². The van der Waals surface area contributed by atoms with E-state index in [1.807, 2.05) is 0 Å². The molecule has 2 atom stereocenters. The zero-order valence-corrected chi connectivity index (χ0v) is 14.2. The van der Waals surface area contributed by atoms with E-state index in [2.05, 4.69) is 61.2 Å². The lowest BCUT2D eigenvalue weighted by molar-refractivity contribution is -0.0682. The third-order valence-corrected chi connectivity index (χ3v) is 4.35. The maximum Gasteiger partial charge on any atom is 0.119 e. The van der Waals surface area contributed by atoms with Crippen molar-refractivity contribution in [2.75, 3.05) is 26.2 Å². The molecule has 0 saturated carbocycles. The lowest BCUT2D eigenvalue weighted by atomic mass is 10.1. The Morgan fingerprint density at radius 1 is 1.00 bits per heavy atom. The Bertz CT molecular complexity index is 618. The maximum absolute atomic E-state index is 5.90. The second-order valence-corrected chi connectivity index (χ2v) is 6.58. The summed E-state index contributed by atoms with van der Waals surface area (Å²) in [5, 5.41) is 2.50. The minimum Gasteiger partial charge on any atom is -0.494 e. The minimum atomic E-state index is 0.354. The van der Waals surface area contributed by atoms with Crippen LogP contribution in [0.4, 0.5) is 0 Å². The predicted molar refractivity (Wildman–Crippen MR) is 95.1 cm³/mol. The fourth-order valence-electron chi connectivity index (χ4n) is 3.35. The highest BCUT2D eigenvalue weighted by molar-refractivity contribution is 5.83. The van der Waals surface area contributed by atoms with Gasteiger partial charge in [-0.2, -0.15) is 0 Å². The van der Waals surface area contributed by atoms with E-state index in [9.17, 15) is 0 Å². The molecule has 0 amide bonds. The Labute approximate surface area is 139 Å². The standard InChI is InChI=1S/C20H27NO2/c1-16-14-21(15-17(2)23-16)11-5-6-12-22-20-10-9-18-7-3-4-8-19(18)13-20/h3-4,7-10,13,16-17H,5-6,11-12,14-15H2,1-2H3/t16-,17-/m0/s1. The van der Waals surface area contributed by atoms with Gasteiger partial charge in [0.1, 0.15) is 5.75 Å². The zero-order valence-electron chi connectivity index (χ0n) is 14.2. The lowest BCUT2D eigenvalue weighted by Crippen LogP contribution is -2.45. The molecule has 1 aliphatic rings. The van der Waals surface area contributed by atoms with Crippen LogP contribution >= 0.6 is 0 Å². The molecule has 2 aromatic rings. The minimum absolute atomic E-state index is 0.354. The summed E-state index contributed by atoms with van der Waals surface area (Å²) in [4.78, 5) is 2.51. The Morgan fingerprint density at radius 3 is 2.52 bits per heavy atom. The van der Waals surface area contributed by atoms with Gasteiger partial charge in [-0.3, -0.25) is 4.90 Å². The summed E-state index contributed by atoms with van der Waals surface area (Å²) in [6.45, 7) is 8.34. The number of hydrogen-bond donors (Lipinski definition) is 0. The van der Waals surface area contributed by atoms with Gasteiger partial charge in [0.2, 0.25) is 0 Å². The highest BCUT2D eigenvalue weighted by Gasteiger charge is 2.21. The molecule has 1 saturated heterocycles. The molecule has 0 radical (unpaired) electrons. The van der Waals surface area contributed by atoms with Crippen molar-refractivity contribution >= 4 is 10.8 Å². The van der Waals surface area contributed by atoms with Crippen LogP contribution in [0.3, 0.4) is 0 Å².